The first-order valence-electron chi connectivity index (χ1n) is 10.4. The zero-order valence-electron chi connectivity index (χ0n) is 18.1. The lowest BCUT2D eigenvalue weighted by molar-refractivity contribution is -0.137. The molecule has 1 saturated heterocycles. The number of aromatic nitrogens is 2. The number of benzene rings is 2. The van der Waals surface area contributed by atoms with Crippen LogP contribution >= 0.6 is 0 Å². The number of hydrogen-bond acceptors (Lipinski definition) is 6. The molecule has 176 valence electrons. The lowest BCUT2D eigenvalue weighted by Gasteiger charge is -2.36. The summed E-state index contributed by atoms with van der Waals surface area (Å²) < 4.78 is 71.5. The van der Waals surface area contributed by atoms with E-state index in [1.54, 1.807) is 24.3 Å². The van der Waals surface area contributed by atoms with Gasteiger partial charge < -0.3 is 4.52 Å². The largest absolute Gasteiger partial charge is 0.416 e. The minimum atomic E-state index is -4.46. The standard InChI is InChI=1S/C22H23F3N4O3S/c1-15-6-8-19(9-7-15)33(30,31)29-12-10-28(11-13-29)16(2)21-26-20(27-32-21)17-4-3-5-18(14-17)22(23,24)25/h3-9,14,16H,10-13H2,1-2H3/t16-/m0/s1. The highest BCUT2D eigenvalue weighted by Gasteiger charge is 2.33. The van der Waals surface area contributed by atoms with E-state index in [0.29, 0.717) is 26.2 Å². The van der Waals surface area contributed by atoms with Gasteiger partial charge in [0, 0.05) is 31.7 Å². The van der Waals surface area contributed by atoms with Gasteiger partial charge in [-0.3, -0.25) is 4.90 Å². The Kier molecular flexibility index (Phi) is 6.30. The average Bonchev–Trinajstić information content (AvgIpc) is 3.29. The SMILES string of the molecule is Cc1ccc(S(=O)(=O)N2CCN([C@@H](C)c3nc(-c4cccc(C(F)(F)F)c4)no3)CC2)cc1. The summed E-state index contributed by atoms with van der Waals surface area (Å²) in [6, 6.07) is 11.2. The quantitative estimate of drug-likeness (QED) is 0.546. The highest BCUT2D eigenvalue weighted by atomic mass is 32.2. The summed E-state index contributed by atoms with van der Waals surface area (Å²) in [5, 5.41) is 3.84. The molecule has 1 aliphatic rings. The van der Waals surface area contributed by atoms with E-state index in [0.717, 1.165) is 17.7 Å². The molecule has 4 rings (SSSR count). The molecule has 1 aliphatic heterocycles. The Labute approximate surface area is 189 Å². The number of hydrogen-bond donors (Lipinski definition) is 0. The molecule has 0 aliphatic carbocycles. The molecule has 0 unspecified atom stereocenters. The van der Waals surface area contributed by atoms with E-state index in [1.807, 2.05) is 18.7 Å². The van der Waals surface area contributed by atoms with Crippen LogP contribution in [-0.2, 0) is 16.2 Å². The van der Waals surface area contributed by atoms with Gasteiger partial charge in [0.1, 0.15) is 0 Å². The minimum absolute atomic E-state index is 0.0727. The van der Waals surface area contributed by atoms with E-state index in [2.05, 4.69) is 10.1 Å². The summed E-state index contributed by atoms with van der Waals surface area (Å²) in [5.41, 5.74) is 0.406. The Hall–Kier alpha value is -2.76. The van der Waals surface area contributed by atoms with Crippen molar-refractivity contribution in [2.75, 3.05) is 26.2 Å². The second-order valence-corrected chi connectivity index (χ2v) is 9.90. The van der Waals surface area contributed by atoms with Gasteiger partial charge >= 0.3 is 6.18 Å². The number of aryl methyl sites for hydroxylation is 1. The lowest BCUT2D eigenvalue weighted by Crippen LogP contribution is -2.49. The van der Waals surface area contributed by atoms with Crippen molar-refractivity contribution in [3.8, 4) is 11.4 Å². The number of nitrogens with zero attached hydrogens (tertiary/aromatic N) is 4. The molecule has 0 N–H and O–H groups in total. The molecule has 1 fully saturated rings. The fraction of sp³-hybridized carbons (Fsp3) is 0.364. The van der Waals surface area contributed by atoms with E-state index in [1.165, 1.54) is 16.4 Å². The minimum Gasteiger partial charge on any atom is -0.337 e. The molecule has 0 saturated carbocycles. The third-order valence-electron chi connectivity index (χ3n) is 5.73. The fourth-order valence-electron chi connectivity index (χ4n) is 3.70. The van der Waals surface area contributed by atoms with E-state index in [-0.39, 0.29) is 28.2 Å². The van der Waals surface area contributed by atoms with Crippen molar-refractivity contribution in [3.05, 3.63) is 65.5 Å². The third-order valence-corrected chi connectivity index (χ3v) is 7.64. The molecular formula is C22H23F3N4O3S. The summed E-state index contributed by atoms with van der Waals surface area (Å²) in [7, 11) is -3.58. The van der Waals surface area contributed by atoms with E-state index in [9.17, 15) is 21.6 Å². The first kappa shape index (κ1) is 23.4. The van der Waals surface area contributed by atoms with E-state index in [4.69, 9.17) is 4.52 Å². The zero-order valence-corrected chi connectivity index (χ0v) is 18.9. The number of rotatable bonds is 5. The van der Waals surface area contributed by atoms with E-state index < -0.39 is 21.8 Å². The molecule has 11 heteroatoms. The molecule has 1 atom stereocenters. The second kappa shape index (κ2) is 8.88. The summed E-state index contributed by atoms with van der Waals surface area (Å²) in [4.78, 5) is 6.55. The van der Waals surface area contributed by atoms with Crippen LogP contribution < -0.4 is 0 Å². The molecule has 0 amide bonds. The van der Waals surface area contributed by atoms with Crippen LogP contribution in [0.25, 0.3) is 11.4 Å². The Bertz CT molecular complexity index is 1220. The van der Waals surface area contributed by atoms with Crippen molar-refractivity contribution < 1.29 is 26.1 Å². The Morgan fingerprint density at radius 2 is 1.70 bits per heavy atom. The van der Waals surface area contributed by atoms with Crippen LogP contribution in [0, 0.1) is 6.92 Å². The van der Waals surface area contributed by atoms with Crippen LogP contribution in [0.5, 0.6) is 0 Å². The monoisotopic (exact) mass is 480 g/mol. The van der Waals surface area contributed by atoms with Gasteiger partial charge in [0.2, 0.25) is 21.7 Å². The smallest absolute Gasteiger partial charge is 0.337 e. The molecule has 0 radical (unpaired) electrons. The topological polar surface area (TPSA) is 79.5 Å². The predicted octanol–water partition coefficient (Wildman–Crippen LogP) is 4.13. The van der Waals surface area contributed by atoms with Gasteiger partial charge in [-0.15, -0.1) is 0 Å². The highest BCUT2D eigenvalue weighted by molar-refractivity contribution is 7.89. The van der Waals surface area contributed by atoms with Crippen molar-refractivity contribution >= 4 is 10.0 Å². The molecule has 0 spiro atoms. The van der Waals surface area contributed by atoms with Gasteiger partial charge in [0.25, 0.3) is 0 Å². The van der Waals surface area contributed by atoms with Crippen molar-refractivity contribution in [1.29, 1.82) is 0 Å². The molecular weight excluding hydrogens is 457 g/mol. The van der Waals surface area contributed by atoms with Gasteiger partial charge in [0.05, 0.1) is 16.5 Å². The van der Waals surface area contributed by atoms with Gasteiger partial charge in [-0.05, 0) is 38.1 Å². The first-order valence-corrected chi connectivity index (χ1v) is 11.8. The number of piperazine rings is 1. The molecule has 0 bridgehead atoms. The van der Waals surface area contributed by atoms with Gasteiger partial charge in [-0.2, -0.15) is 22.5 Å². The van der Waals surface area contributed by atoms with Crippen LogP contribution in [0.3, 0.4) is 0 Å². The maximum absolute atomic E-state index is 13.0. The third kappa shape index (κ3) is 4.94. The Morgan fingerprint density at radius 1 is 1.03 bits per heavy atom. The summed E-state index contributed by atoms with van der Waals surface area (Å²) >= 11 is 0. The molecule has 1 aromatic heterocycles. The normalized spacial score (nSPS) is 17.2. The van der Waals surface area contributed by atoms with E-state index >= 15 is 0 Å². The summed E-state index contributed by atoms with van der Waals surface area (Å²) in [5.74, 6) is 0.334. The zero-order chi connectivity index (χ0) is 23.8. The highest BCUT2D eigenvalue weighted by Crippen LogP contribution is 2.32. The number of halogens is 3. The van der Waals surface area contributed by atoms with Gasteiger partial charge in [-0.1, -0.05) is 35.0 Å². The second-order valence-electron chi connectivity index (χ2n) is 7.96. The summed E-state index contributed by atoms with van der Waals surface area (Å²) in [6.07, 6.45) is -4.46. The molecule has 3 aromatic rings. The molecule has 2 heterocycles. The van der Waals surface area contributed by atoms with Crippen LogP contribution in [-0.4, -0.2) is 53.9 Å². The molecule has 7 nitrogen and oxygen atoms in total. The van der Waals surface area contributed by atoms with Gasteiger partial charge in [-0.25, -0.2) is 8.42 Å². The fourth-order valence-corrected chi connectivity index (χ4v) is 5.13. The van der Waals surface area contributed by atoms with Crippen LogP contribution in [0.4, 0.5) is 13.2 Å². The van der Waals surface area contributed by atoms with Gasteiger partial charge in [0.15, 0.2) is 0 Å². The average molecular weight is 481 g/mol. The van der Waals surface area contributed by atoms with Crippen LogP contribution in [0.1, 0.15) is 30.0 Å². The van der Waals surface area contributed by atoms with Crippen LogP contribution in [0.2, 0.25) is 0 Å². The lowest BCUT2D eigenvalue weighted by atomic mass is 10.1. The maximum Gasteiger partial charge on any atom is 0.416 e. The summed E-state index contributed by atoms with van der Waals surface area (Å²) in [6.45, 7) is 5.24. The number of alkyl halides is 3. The Morgan fingerprint density at radius 3 is 2.33 bits per heavy atom. The first-order chi connectivity index (χ1) is 15.6. The molecule has 2 aromatic carbocycles. The maximum atomic E-state index is 13.0. The van der Waals surface area contributed by atoms with Crippen molar-refractivity contribution in [1.82, 2.24) is 19.3 Å². The predicted molar refractivity (Wildman–Crippen MR) is 115 cm³/mol. The van der Waals surface area contributed by atoms with Crippen molar-refractivity contribution in [2.24, 2.45) is 0 Å². The van der Waals surface area contributed by atoms with Crippen molar-refractivity contribution in [3.63, 3.8) is 0 Å². The number of sulfonamides is 1. The Balaban J connectivity index is 1.43. The van der Waals surface area contributed by atoms with Crippen molar-refractivity contribution in [2.45, 2.75) is 31.0 Å². The molecule has 33 heavy (non-hydrogen) atoms. The van der Waals surface area contributed by atoms with Crippen LogP contribution in [0.15, 0.2) is 57.9 Å².